The van der Waals surface area contributed by atoms with E-state index in [2.05, 4.69) is 5.32 Å². The van der Waals surface area contributed by atoms with E-state index in [1.54, 1.807) is 11.4 Å². The summed E-state index contributed by atoms with van der Waals surface area (Å²) in [6.45, 7) is 1.53. The molecule has 1 aromatic heterocycles. The maximum Gasteiger partial charge on any atom is 0.319 e. The summed E-state index contributed by atoms with van der Waals surface area (Å²) in [5, 5.41) is 5.48. The highest BCUT2D eigenvalue weighted by Crippen LogP contribution is 2.39. The van der Waals surface area contributed by atoms with Crippen molar-refractivity contribution in [1.82, 2.24) is 5.32 Å². The average Bonchev–Trinajstić information content (AvgIpc) is 3.01. The van der Waals surface area contributed by atoms with E-state index in [-0.39, 0.29) is 10.6 Å². The van der Waals surface area contributed by atoms with E-state index in [0.717, 1.165) is 11.3 Å². The van der Waals surface area contributed by atoms with Crippen molar-refractivity contribution in [2.75, 3.05) is 5.32 Å². The van der Waals surface area contributed by atoms with Gasteiger partial charge in [-0.2, -0.15) is 0 Å². The lowest BCUT2D eigenvalue weighted by Crippen LogP contribution is -2.38. The van der Waals surface area contributed by atoms with Gasteiger partial charge in [0.1, 0.15) is 10.0 Å². The SMILES string of the molecule is C[C@H]1C[C@H](NC(=O)Nc2cc(F)cc(F)c2F)c2ccsc2S1(=O)=O. The molecule has 2 N–H and O–H groups in total. The van der Waals surface area contributed by atoms with E-state index < -0.39 is 50.3 Å². The number of nitrogens with one attached hydrogen (secondary N) is 2. The van der Waals surface area contributed by atoms with E-state index in [9.17, 15) is 26.4 Å². The summed E-state index contributed by atoms with van der Waals surface area (Å²) >= 11 is 1.06. The van der Waals surface area contributed by atoms with Gasteiger partial charge in [0.05, 0.1) is 17.0 Å². The maximum atomic E-state index is 13.6. The molecule has 3 rings (SSSR count). The molecule has 1 aliphatic heterocycles. The highest BCUT2D eigenvalue weighted by atomic mass is 32.2. The van der Waals surface area contributed by atoms with E-state index in [1.807, 2.05) is 5.32 Å². The van der Waals surface area contributed by atoms with Crippen molar-refractivity contribution < 1.29 is 26.4 Å². The number of carbonyl (C=O) groups is 1. The fourth-order valence-corrected chi connectivity index (χ4v) is 5.89. The van der Waals surface area contributed by atoms with Gasteiger partial charge in [-0.15, -0.1) is 11.3 Å². The molecule has 0 saturated carbocycles. The zero-order valence-corrected chi connectivity index (χ0v) is 14.5. The molecule has 25 heavy (non-hydrogen) atoms. The van der Waals surface area contributed by atoms with E-state index in [4.69, 9.17) is 0 Å². The molecule has 134 valence electrons. The Morgan fingerprint density at radius 3 is 2.72 bits per heavy atom. The second-order valence-electron chi connectivity index (χ2n) is 5.65. The summed E-state index contributed by atoms with van der Waals surface area (Å²) in [7, 11) is -3.44. The third kappa shape index (κ3) is 3.23. The fraction of sp³-hybridized carbons (Fsp3) is 0.267. The number of hydrogen-bond donors (Lipinski definition) is 2. The molecule has 0 radical (unpaired) electrons. The Morgan fingerprint density at radius 2 is 2.00 bits per heavy atom. The van der Waals surface area contributed by atoms with Crippen molar-refractivity contribution in [2.45, 2.75) is 28.8 Å². The summed E-state index contributed by atoms with van der Waals surface area (Å²) in [5.74, 6) is -3.84. The van der Waals surface area contributed by atoms with Crippen LogP contribution in [-0.4, -0.2) is 19.7 Å². The van der Waals surface area contributed by atoms with Gasteiger partial charge in [-0.25, -0.2) is 26.4 Å². The molecule has 2 atom stereocenters. The zero-order chi connectivity index (χ0) is 18.4. The van der Waals surface area contributed by atoms with Gasteiger partial charge in [0, 0.05) is 17.7 Å². The highest BCUT2D eigenvalue weighted by molar-refractivity contribution is 7.94. The predicted octanol–water partition coefficient (Wildman–Crippen LogP) is 3.59. The molecule has 0 spiro atoms. The molecule has 0 fully saturated rings. The number of urea groups is 1. The van der Waals surface area contributed by atoms with Crippen LogP contribution in [0.4, 0.5) is 23.7 Å². The Hall–Kier alpha value is -2.07. The molecule has 0 unspecified atom stereocenters. The summed E-state index contributed by atoms with van der Waals surface area (Å²) in [6, 6.07) is 1.11. The van der Waals surface area contributed by atoms with Crippen LogP contribution >= 0.6 is 11.3 Å². The lowest BCUT2D eigenvalue weighted by molar-refractivity contribution is 0.247. The second-order valence-corrected chi connectivity index (χ2v) is 9.13. The highest BCUT2D eigenvalue weighted by Gasteiger charge is 2.38. The maximum absolute atomic E-state index is 13.6. The molecule has 10 heteroatoms. The Kier molecular flexibility index (Phi) is 4.50. The van der Waals surface area contributed by atoms with E-state index in [0.29, 0.717) is 17.7 Å². The topological polar surface area (TPSA) is 75.3 Å². The Bertz CT molecular complexity index is 943. The van der Waals surface area contributed by atoms with Gasteiger partial charge in [0.25, 0.3) is 0 Å². The van der Waals surface area contributed by atoms with Crippen LogP contribution in [0.1, 0.15) is 24.9 Å². The summed E-state index contributed by atoms with van der Waals surface area (Å²) < 4.78 is 64.7. The third-order valence-electron chi connectivity index (χ3n) is 3.94. The monoisotopic (exact) mass is 390 g/mol. The molecule has 0 saturated heterocycles. The molecule has 2 aromatic rings. The largest absolute Gasteiger partial charge is 0.331 e. The number of sulfone groups is 1. The molecule has 2 amide bonds. The van der Waals surface area contributed by atoms with Crippen molar-refractivity contribution in [3.63, 3.8) is 0 Å². The van der Waals surface area contributed by atoms with Crippen LogP contribution < -0.4 is 10.6 Å². The number of halogens is 3. The van der Waals surface area contributed by atoms with Crippen LogP contribution in [0.15, 0.2) is 27.8 Å². The summed E-state index contributed by atoms with van der Waals surface area (Å²) in [6.07, 6.45) is 0.138. The van der Waals surface area contributed by atoms with Crippen molar-refractivity contribution in [3.05, 3.63) is 46.6 Å². The van der Waals surface area contributed by atoms with Crippen LogP contribution in [0.2, 0.25) is 0 Å². The number of hydrogen-bond acceptors (Lipinski definition) is 4. The van der Waals surface area contributed by atoms with Gasteiger partial charge in [-0.3, -0.25) is 0 Å². The average molecular weight is 390 g/mol. The second kappa shape index (κ2) is 6.34. The molecule has 0 bridgehead atoms. The fourth-order valence-electron chi connectivity index (χ4n) is 2.66. The number of amides is 2. The van der Waals surface area contributed by atoms with Crippen LogP contribution in [0.3, 0.4) is 0 Å². The standard InChI is InChI=1S/C15H13F3N2O3S2/c1-7-4-11(9-2-3-24-14(9)25(7,22)23)19-15(21)20-12-6-8(16)5-10(17)13(12)18/h2-3,5-7,11H,4H2,1H3,(H2,19,20,21)/t7-,11-/m0/s1. The lowest BCUT2D eigenvalue weighted by atomic mass is 10.1. The van der Waals surface area contributed by atoms with Crippen molar-refractivity contribution in [1.29, 1.82) is 0 Å². The molecule has 0 aliphatic carbocycles. The Balaban J connectivity index is 1.81. The first-order chi connectivity index (χ1) is 11.7. The number of rotatable bonds is 2. The quantitative estimate of drug-likeness (QED) is 0.770. The van der Waals surface area contributed by atoms with Crippen LogP contribution in [0, 0.1) is 17.5 Å². The van der Waals surface area contributed by atoms with Crippen molar-refractivity contribution >= 4 is 32.9 Å². The Morgan fingerprint density at radius 1 is 1.28 bits per heavy atom. The van der Waals surface area contributed by atoms with Crippen LogP contribution in [-0.2, 0) is 9.84 Å². The zero-order valence-electron chi connectivity index (χ0n) is 12.8. The molecular formula is C15H13F3N2O3S2. The van der Waals surface area contributed by atoms with Crippen molar-refractivity contribution in [3.8, 4) is 0 Å². The van der Waals surface area contributed by atoms with Gasteiger partial charge in [0.15, 0.2) is 21.5 Å². The molecule has 1 aliphatic rings. The minimum absolute atomic E-state index is 0.138. The molecular weight excluding hydrogens is 377 g/mol. The van der Waals surface area contributed by atoms with Crippen LogP contribution in [0.5, 0.6) is 0 Å². The van der Waals surface area contributed by atoms with Gasteiger partial charge < -0.3 is 10.6 Å². The van der Waals surface area contributed by atoms with Crippen LogP contribution in [0.25, 0.3) is 0 Å². The molecule has 2 heterocycles. The van der Waals surface area contributed by atoms with Gasteiger partial charge in [-0.05, 0) is 24.8 Å². The summed E-state index contributed by atoms with van der Waals surface area (Å²) in [4.78, 5) is 12.1. The van der Waals surface area contributed by atoms with E-state index in [1.165, 1.54) is 6.92 Å². The first-order valence-electron chi connectivity index (χ1n) is 7.23. The number of thiophene rings is 1. The minimum Gasteiger partial charge on any atom is -0.331 e. The molecule has 5 nitrogen and oxygen atoms in total. The Labute approximate surface area is 145 Å². The molecule has 1 aromatic carbocycles. The number of carbonyl (C=O) groups excluding carboxylic acids is 1. The van der Waals surface area contributed by atoms with Crippen molar-refractivity contribution in [2.24, 2.45) is 0 Å². The van der Waals surface area contributed by atoms with E-state index >= 15 is 0 Å². The lowest BCUT2D eigenvalue weighted by Gasteiger charge is -2.28. The number of anilines is 1. The predicted molar refractivity (Wildman–Crippen MR) is 86.8 cm³/mol. The normalized spacial score (nSPS) is 21.4. The minimum atomic E-state index is -3.44. The smallest absolute Gasteiger partial charge is 0.319 e. The number of fused-ring (bicyclic) bond motifs is 1. The third-order valence-corrected chi connectivity index (χ3v) is 7.65. The summed E-state index contributed by atoms with van der Waals surface area (Å²) in [5.41, 5.74) is -0.193. The van der Waals surface area contributed by atoms with Gasteiger partial charge in [0.2, 0.25) is 0 Å². The van der Waals surface area contributed by atoms with Gasteiger partial charge >= 0.3 is 6.03 Å². The first kappa shape index (κ1) is 17.7. The first-order valence-corrected chi connectivity index (χ1v) is 9.66. The number of benzene rings is 1. The van der Waals surface area contributed by atoms with Gasteiger partial charge in [-0.1, -0.05) is 0 Å².